The number of pyridine rings is 1. The highest BCUT2D eigenvalue weighted by Gasteiger charge is 2.22. The minimum absolute atomic E-state index is 0.0183. The Morgan fingerprint density at radius 1 is 1.17 bits per heavy atom. The van der Waals surface area contributed by atoms with Gasteiger partial charge in [-0.3, -0.25) is 4.79 Å². The summed E-state index contributed by atoms with van der Waals surface area (Å²) >= 11 is 12.1. The van der Waals surface area contributed by atoms with Crippen LogP contribution in [0.1, 0.15) is 20.7 Å². The lowest BCUT2D eigenvalue weighted by Gasteiger charge is -2.12. The van der Waals surface area contributed by atoms with E-state index in [9.17, 15) is 14.7 Å². The molecule has 5 nitrogen and oxygen atoms in total. The summed E-state index contributed by atoms with van der Waals surface area (Å²) in [5.74, 6) is -1.35. The summed E-state index contributed by atoms with van der Waals surface area (Å²) in [5, 5.41) is 10.3. The lowest BCUT2D eigenvalue weighted by atomic mass is 10.1. The zero-order chi connectivity index (χ0) is 17.3. The van der Waals surface area contributed by atoms with Gasteiger partial charge >= 0.3 is 5.97 Å². The number of carbonyl (C=O) groups excluding carboxylic acids is 1. The molecule has 1 aromatic heterocycles. The molecule has 0 aliphatic rings. The fourth-order valence-electron chi connectivity index (χ4n) is 2.22. The second-order valence-electron chi connectivity index (χ2n) is 4.83. The zero-order valence-electron chi connectivity index (χ0n) is 12.0. The average molecular weight is 362 g/mol. The van der Waals surface area contributed by atoms with E-state index in [-0.39, 0.29) is 27.8 Å². The summed E-state index contributed by atoms with van der Waals surface area (Å²) in [5.41, 5.74) is 0.371. The molecule has 7 heteroatoms. The Balaban J connectivity index is 2.20. The Labute approximate surface area is 146 Å². The molecule has 0 saturated carbocycles. The molecule has 3 aromatic rings. The Morgan fingerprint density at radius 2 is 1.92 bits per heavy atom. The first-order chi connectivity index (χ1) is 11.5. The lowest BCUT2D eigenvalue weighted by Crippen LogP contribution is -2.05. The first kappa shape index (κ1) is 16.2. The van der Waals surface area contributed by atoms with Crippen molar-refractivity contribution in [2.75, 3.05) is 0 Å². The number of halogens is 2. The normalized spacial score (nSPS) is 10.6. The van der Waals surface area contributed by atoms with Crippen LogP contribution in [0.15, 0.2) is 42.5 Å². The van der Waals surface area contributed by atoms with E-state index in [0.29, 0.717) is 22.2 Å². The van der Waals surface area contributed by atoms with Gasteiger partial charge in [0.2, 0.25) is 5.88 Å². The van der Waals surface area contributed by atoms with Gasteiger partial charge in [-0.05, 0) is 24.3 Å². The first-order valence-corrected chi connectivity index (χ1v) is 7.51. The number of aromatic nitrogens is 1. The molecule has 0 radical (unpaired) electrons. The maximum atomic E-state index is 11.6. The van der Waals surface area contributed by atoms with Gasteiger partial charge in [-0.25, -0.2) is 9.78 Å². The average Bonchev–Trinajstić information content (AvgIpc) is 2.56. The van der Waals surface area contributed by atoms with Crippen molar-refractivity contribution < 1.29 is 19.4 Å². The molecule has 1 N–H and O–H groups in total. The summed E-state index contributed by atoms with van der Waals surface area (Å²) < 4.78 is 5.57. The van der Waals surface area contributed by atoms with Crippen molar-refractivity contribution in [1.29, 1.82) is 0 Å². The van der Waals surface area contributed by atoms with E-state index in [1.807, 2.05) is 0 Å². The summed E-state index contributed by atoms with van der Waals surface area (Å²) in [6, 6.07) is 11.2. The van der Waals surface area contributed by atoms with Crippen molar-refractivity contribution in [2.24, 2.45) is 0 Å². The molecular formula is C17H9Cl2NO4. The van der Waals surface area contributed by atoms with Gasteiger partial charge in [0, 0.05) is 10.4 Å². The van der Waals surface area contributed by atoms with Crippen molar-refractivity contribution in [3.05, 3.63) is 63.6 Å². The minimum Gasteiger partial charge on any atom is -0.477 e. The van der Waals surface area contributed by atoms with Gasteiger partial charge in [0.25, 0.3) is 0 Å². The third-order valence-corrected chi connectivity index (χ3v) is 3.94. The molecule has 0 atom stereocenters. The SMILES string of the molecule is O=Cc1cc(Cl)ccc1Oc1nc2ccccc2c(Cl)c1C(=O)O. The molecule has 1 heterocycles. The number of aldehydes is 1. The number of rotatable bonds is 4. The van der Waals surface area contributed by atoms with Crippen LogP contribution in [0.4, 0.5) is 0 Å². The molecule has 3 rings (SSSR count). The van der Waals surface area contributed by atoms with Crippen LogP contribution in [0.2, 0.25) is 10.0 Å². The van der Waals surface area contributed by atoms with Gasteiger partial charge in [0.1, 0.15) is 11.3 Å². The highest BCUT2D eigenvalue weighted by Crippen LogP contribution is 2.35. The molecule has 0 amide bonds. The molecule has 0 aliphatic carbocycles. The van der Waals surface area contributed by atoms with Crippen LogP contribution in [-0.2, 0) is 0 Å². The highest BCUT2D eigenvalue weighted by molar-refractivity contribution is 6.38. The Morgan fingerprint density at radius 3 is 2.62 bits per heavy atom. The molecular weight excluding hydrogens is 353 g/mol. The van der Waals surface area contributed by atoms with E-state index in [2.05, 4.69) is 4.98 Å². The molecule has 24 heavy (non-hydrogen) atoms. The van der Waals surface area contributed by atoms with Crippen LogP contribution in [0.3, 0.4) is 0 Å². The number of aromatic carboxylic acids is 1. The maximum Gasteiger partial charge on any atom is 0.342 e. The van der Waals surface area contributed by atoms with E-state index in [4.69, 9.17) is 27.9 Å². The molecule has 0 unspecified atom stereocenters. The highest BCUT2D eigenvalue weighted by atomic mass is 35.5. The van der Waals surface area contributed by atoms with Gasteiger partial charge in [-0.2, -0.15) is 0 Å². The Hall–Kier alpha value is -2.63. The first-order valence-electron chi connectivity index (χ1n) is 6.75. The number of carboxylic acid groups (broad SMARTS) is 1. The molecule has 0 fully saturated rings. The predicted octanol–water partition coefficient (Wildman–Crippen LogP) is 4.84. The molecule has 0 aliphatic heterocycles. The van der Waals surface area contributed by atoms with Gasteiger partial charge in [0.05, 0.1) is 16.1 Å². The van der Waals surface area contributed by atoms with Crippen LogP contribution in [0, 0.1) is 0 Å². The number of benzene rings is 2. The fraction of sp³-hybridized carbons (Fsp3) is 0. The number of para-hydroxylation sites is 1. The van der Waals surface area contributed by atoms with Crippen molar-refractivity contribution >= 4 is 46.4 Å². The molecule has 2 aromatic carbocycles. The lowest BCUT2D eigenvalue weighted by molar-refractivity contribution is 0.0694. The van der Waals surface area contributed by atoms with Gasteiger partial charge in [0.15, 0.2) is 6.29 Å². The smallest absolute Gasteiger partial charge is 0.342 e. The number of hydrogen-bond donors (Lipinski definition) is 1. The summed E-state index contributed by atoms with van der Waals surface area (Å²) in [7, 11) is 0. The van der Waals surface area contributed by atoms with Gasteiger partial charge in [-0.1, -0.05) is 41.4 Å². The predicted molar refractivity (Wildman–Crippen MR) is 90.6 cm³/mol. The Bertz CT molecular complexity index is 972. The van der Waals surface area contributed by atoms with E-state index >= 15 is 0 Å². The van der Waals surface area contributed by atoms with Crippen molar-refractivity contribution in [1.82, 2.24) is 4.98 Å². The number of fused-ring (bicyclic) bond motifs is 1. The summed E-state index contributed by atoms with van der Waals surface area (Å²) in [6.07, 6.45) is 0.560. The maximum absolute atomic E-state index is 11.6. The number of carbonyl (C=O) groups is 2. The van der Waals surface area contributed by atoms with Crippen LogP contribution in [0.5, 0.6) is 11.6 Å². The fourth-order valence-corrected chi connectivity index (χ4v) is 2.72. The Kier molecular flexibility index (Phi) is 4.38. The van der Waals surface area contributed by atoms with Crippen LogP contribution in [-0.4, -0.2) is 22.3 Å². The largest absolute Gasteiger partial charge is 0.477 e. The van der Waals surface area contributed by atoms with Crippen LogP contribution >= 0.6 is 23.2 Å². The number of ether oxygens (including phenoxy) is 1. The minimum atomic E-state index is -1.28. The topological polar surface area (TPSA) is 76.5 Å². The summed E-state index contributed by atoms with van der Waals surface area (Å²) in [6.45, 7) is 0. The molecule has 0 saturated heterocycles. The van der Waals surface area contributed by atoms with Crippen LogP contribution in [0.25, 0.3) is 10.9 Å². The van der Waals surface area contributed by atoms with Crippen molar-refractivity contribution in [3.8, 4) is 11.6 Å². The van der Waals surface area contributed by atoms with Crippen molar-refractivity contribution in [3.63, 3.8) is 0 Å². The van der Waals surface area contributed by atoms with E-state index in [0.717, 1.165) is 0 Å². The molecule has 0 bridgehead atoms. The number of carboxylic acids is 1. The summed E-state index contributed by atoms with van der Waals surface area (Å²) in [4.78, 5) is 27.0. The third kappa shape index (κ3) is 2.91. The zero-order valence-corrected chi connectivity index (χ0v) is 13.5. The standard InChI is InChI=1S/C17H9Cl2NO4/c18-10-5-6-13(9(7-10)8-21)24-16-14(17(22)23)15(19)11-3-1-2-4-12(11)20-16/h1-8H,(H,22,23). The van der Waals surface area contributed by atoms with Gasteiger partial charge in [-0.15, -0.1) is 0 Å². The third-order valence-electron chi connectivity index (χ3n) is 3.32. The van der Waals surface area contributed by atoms with E-state index in [1.54, 1.807) is 24.3 Å². The van der Waals surface area contributed by atoms with E-state index < -0.39 is 5.97 Å². The van der Waals surface area contributed by atoms with E-state index in [1.165, 1.54) is 18.2 Å². The van der Waals surface area contributed by atoms with Crippen molar-refractivity contribution in [2.45, 2.75) is 0 Å². The quantitative estimate of drug-likeness (QED) is 0.672. The molecule has 0 spiro atoms. The number of nitrogens with zero attached hydrogens (tertiary/aromatic N) is 1. The molecule has 120 valence electrons. The van der Waals surface area contributed by atoms with Gasteiger partial charge < -0.3 is 9.84 Å². The number of hydrogen-bond acceptors (Lipinski definition) is 4. The van der Waals surface area contributed by atoms with Crippen LogP contribution < -0.4 is 4.74 Å². The monoisotopic (exact) mass is 361 g/mol. The second-order valence-corrected chi connectivity index (χ2v) is 5.64. The second kappa shape index (κ2) is 6.47.